The fourth-order valence-corrected chi connectivity index (χ4v) is 4.98. The minimum atomic E-state index is -0.513. The van der Waals surface area contributed by atoms with E-state index in [0.717, 1.165) is 23.3 Å². The first kappa shape index (κ1) is 21.5. The van der Waals surface area contributed by atoms with Gasteiger partial charge in [-0.1, -0.05) is 24.3 Å². The molecule has 3 heterocycles. The fourth-order valence-electron chi connectivity index (χ4n) is 4.98. The molecule has 5 rings (SSSR count). The van der Waals surface area contributed by atoms with Crippen LogP contribution in [0.1, 0.15) is 52.5 Å². The Balaban J connectivity index is 1.34. The van der Waals surface area contributed by atoms with Gasteiger partial charge >= 0.3 is 0 Å². The van der Waals surface area contributed by atoms with Crippen molar-refractivity contribution >= 4 is 16.8 Å². The van der Waals surface area contributed by atoms with E-state index in [2.05, 4.69) is 70.3 Å². The summed E-state index contributed by atoms with van der Waals surface area (Å²) in [6, 6.07) is 19.3. The molecule has 1 fully saturated rings. The zero-order chi connectivity index (χ0) is 22.9. The molecule has 1 amide bonds. The Hall–Kier alpha value is -3.38. The highest BCUT2D eigenvalue weighted by Gasteiger charge is 2.16. The number of amides is 1. The molecule has 0 spiro atoms. The zero-order valence-electron chi connectivity index (χ0n) is 19.4. The third-order valence-corrected chi connectivity index (χ3v) is 6.89. The number of carbonyl (C=O) groups is 1. The Kier molecular flexibility index (Phi) is 5.77. The molecule has 2 N–H and O–H groups in total. The summed E-state index contributed by atoms with van der Waals surface area (Å²) in [6.07, 6.45) is 5.94. The van der Waals surface area contributed by atoms with Crippen molar-refractivity contribution in [1.29, 1.82) is 0 Å². The molecule has 0 saturated carbocycles. The predicted molar refractivity (Wildman–Crippen MR) is 132 cm³/mol. The van der Waals surface area contributed by atoms with Crippen LogP contribution in [-0.4, -0.2) is 45.3 Å². The highest BCUT2D eigenvalue weighted by atomic mass is 16.1. The van der Waals surface area contributed by atoms with Gasteiger partial charge in [-0.3, -0.25) is 4.79 Å². The van der Waals surface area contributed by atoms with Crippen molar-refractivity contribution in [2.75, 3.05) is 20.1 Å². The Bertz CT molecular complexity index is 1280. The van der Waals surface area contributed by atoms with Gasteiger partial charge in [0.25, 0.3) is 5.91 Å². The van der Waals surface area contributed by atoms with Crippen molar-refractivity contribution in [3.8, 4) is 5.69 Å². The average Bonchev–Trinajstić information content (AvgIpc) is 3.32. The summed E-state index contributed by atoms with van der Waals surface area (Å²) in [6.45, 7) is 5.16. The van der Waals surface area contributed by atoms with E-state index in [-0.39, 0.29) is 5.69 Å². The van der Waals surface area contributed by atoms with Crippen molar-refractivity contribution in [3.05, 3.63) is 83.3 Å². The molecule has 6 heteroatoms. The number of primary amides is 1. The lowest BCUT2D eigenvalue weighted by atomic mass is 9.91. The van der Waals surface area contributed by atoms with Crippen LogP contribution in [0.15, 0.2) is 60.8 Å². The molecule has 170 valence electrons. The molecule has 1 aliphatic heterocycles. The molecule has 4 aromatic rings. The maximum Gasteiger partial charge on any atom is 0.269 e. The molecule has 0 unspecified atom stereocenters. The number of fused-ring (bicyclic) bond motifs is 1. The number of aromatic nitrogens is 3. The van der Waals surface area contributed by atoms with Gasteiger partial charge in [0.15, 0.2) is 5.69 Å². The lowest BCUT2D eigenvalue weighted by molar-refractivity contribution is 0.0995. The molecular formula is C27H31N5O. The Morgan fingerprint density at radius 3 is 2.64 bits per heavy atom. The Labute approximate surface area is 194 Å². The van der Waals surface area contributed by atoms with Crippen molar-refractivity contribution < 1.29 is 4.79 Å². The van der Waals surface area contributed by atoms with Gasteiger partial charge in [-0.15, -0.1) is 0 Å². The lowest BCUT2D eigenvalue weighted by Gasteiger charge is -2.16. The van der Waals surface area contributed by atoms with E-state index in [1.807, 2.05) is 13.0 Å². The number of nitrogens with two attached hydrogens (primary N) is 1. The fraction of sp³-hybridized carbons (Fsp3) is 0.333. The molecule has 6 nitrogen and oxygen atoms in total. The number of benzene rings is 2. The van der Waals surface area contributed by atoms with Crippen LogP contribution in [0.4, 0.5) is 0 Å². The highest BCUT2D eigenvalue weighted by Crippen LogP contribution is 2.28. The number of nitrogens with zero attached hydrogens (tertiary/aromatic N) is 4. The van der Waals surface area contributed by atoms with E-state index in [9.17, 15) is 4.79 Å². The second-order valence-electron chi connectivity index (χ2n) is 9.31. The van der Waals surface area contributed by atoms with Crippen LogP contribution in [-0.2, 0) is 6.54 Å². The highest BCUT2D eigenvalue weighted by molar-refractivity contribution is 5.91. The second-order valence-corrected chi connectivity index (χ2v) is 9.31. The average molecular weight is 442 g/mol. The molecule has 1 saturated heterocycles. The van der Waals surface area contributed by atoms with Crippen LogP contribution in [0.2, 0.25) is 0 Å². The summed E-state index contributed by atoms with van der Waals surface area (Å²) < 4.78 is 4.04. The first-order valence-electron chi connectivity index (χ1n) is 11.7. The van der Waals surface area contributed by atoms with Gasteiger partial charge in [-0.25, -0.2) is 4.68 Å². The van der Waals surface area contributed by atoms with Crippen molar-refractivity contribution in [1.82, 2.24) is 19.2 Å². The predicted octanol–water partition coefficient (Wildman–Crippen LogP) is 4.48. The van der Waals surface area contributed by atoms with E-state index in [4.69, 9.17) is 5.73 Å². The first-order valence-corrected chi connectivity index (χ1v) is 11.7. The molecule has 0 bridgehead atoms. The number of hydrogen-bond acceptors (Lipinski definition) is 3. The molecular weight excluding hydrogens is 410 g/mol. The summed E-state index contributed by atoms with van der Waals surface area (Å²) in [5.41, 5.74) is 11.4. The van der Waals surface area contributed by atoms with Gasteiger partial charge in [0.2, 0.25) is 0 Å². The van der Waals surface area contributed by atoms with Crippen LogP contribution < -0.4 is 5.73 Å². The number of likely N-dealkylation sites (tertiary alicyclic amines) is 1. The maximum atomic E-state index is 11.5. The quantitative estimate of drug-likeness (QED) is 0.496. The topological polar surface area (TPSA) is 69.1 Å². The summed E-state index contributed by atoms with van der Waals surface area (Å²) >= 11 is 0. The van der Waals surface area contributed by atoms with E-state index >= 15 is 0 Å². The Morgan fingerprint density at radius 2 is 1.88 bits per heavy atom. The van der Waals surface area contributed by atoms with E-state index in [1.165, 1.54) is 49.0 Å². The molecule has 0 radical (unpaired) electrons. The normalized spacial score (nSPS) is 17.3. The van der Waals surface area contributed by atoms with Crippen LogP contribution >= 0.6 is 0 Å². The largest absolute Gasteiger partial charge is 0.364 e. The third kappa shape index (κ3) is 4.44. The maximum absolute atomic E-state index is 11.5. The van der Waals surface area contributed by atoms with Gasteiger partial charge < -0.3 is 15.2 Å². The number of aryl methyl sites for hydroxylation is 1. The number of hydrogen-bond donors (Lipinski definition) is 1. The zero-order valence-corrected chi connectivity index (χ0v) is 19.4. The summed E-state index contributed by atoms with van der Waals surface area (Å²) in [5.74, 6) is 0.164. The van der Waals surface area contributed by atoms with Crippen molar-refractivity contribution in [2.24, 2.45) is 5.73 Å². The van der Waals surface area contributed by atoms with Gasteiger partial charge in [0.05, 0.1) is 5.69 Å². The van der Waals surface area contributed by atoms with Crippen LogP contribution in [0.3, 0.4) is 0 Å². The molecule has 1 atom stereocenters. The van der Waals surface area contributed by atoms with Gasteiger partial charge in [0, 0.05) is 29.3 Å². The summed E-state index contributed by atoms with van der Waals surface area (Å²) in [5, 5.41) is 5.49. The minimum Gasteiger partial charge on any atom is -0.364 e. The molecule has 0 aliphatic carbocycles. The minimum absolute atomic E-state index is 0.282. The van der Waals surface area contributed by atoms with E-state index in [1.54, 1.807) is 10.7 Å². The third-order valence-electron chi connectivity index (χ3n) is 6.89. The van der Waals surface area contributed by atoms with E-state index in [0.29, 0.717) is 5.92 Å². The molecule has 33 heavy (non-hydrogen) atoms. The number of carbonyl (C=O) groups excluding carboxylic acids is 1. The number of rotatable bonds is 5. The standard InChI is InChI=1S/C27H31N5O/c1-19-16-25(27(28)33)29-32(19)24-9-10-26-23(17-24)12-15-31(26)18-20-5-7-22(8-6-20)21-4-3-13-30(2)14-11-21/h5-10,12,15-17,21H,3-4,11,13-14,18H2,1-2H3,(H2,28,33)/t21-/m0/s1. The van der Waals surface area contributed by atoms with Crippen molar-refractivity contribution in [2.45, 2.75) is 38.6 Å². The van der Waals surface area contributed by atoms with Crippen molar-refractivity contribution in [3.63, 3.8) is 0 Å². The van der Waals surface area contributed by atoms with Gasteiger partial charge in [-0.2, -0.15) is 5.10 Å². The second kappa shape index (κ2) is 8.87. The summed E-state index contributed by atoms with van der Waals surface area (Å²) in [7, 11) is 2.23. The van der Waals surface area contributed by atoms with Crippen LogP contribution in [0.5, 0.6) is 0 Å². The van der Waals surface area contributed by atoms with Gasteiger partial charge in [-0.05, 0) is 93.7 Å². The molecule has 2 aromatic carbocycles. The monoisotopic (exact) mass is 441 g/mol. The van der Waals surface area contributed by atoms with E-state index < -0.39 is 5.91 Å². The molecule has 1 aliphatic rings. The lowest BCUT2D eigenvalue weighted by Crippen LogP contribution is -2.18. The SMILES string of the molecule is Cc1cc(C(N)=O)nn1-c1ccc2c(ccn2Cc2ccc([C@H]3CCCN(C)CC3)cc2)c1. The van der Waals surface area contributed by atoms with Crippen LogP contribution in [0, 0.1) is 6.92 Å². The molecule has 2 aromatic heterocycles. The first-order chi connectivity index (χ1) is 16.0. The van der Waals surface area contributed by atoms with Crippen LogP contribution in [0.25, 0.3) is 16.6 Å². The van der Waals surface area contributed by atoms with Gasteiger partial charge in [0.1, 0.15) is 0 Å². The Morgan fingerprint density at radius 1 is 1.06 bits per heavy atom. The summed E-state index contributed by atoms with van der Waals surface area (Å²) in [4.78, 5) is 13.9. The smallest absolute Gasteiger partial charge is 0.269 e.